The van der Waals surface area contributed by atoms with Crippen LogP contribution < -0.4 is 0 Å². The lowest BCUT2D eigenvalue weighted by Crippen LogP contribution is -2.64. The second-order valence-corrected chi connectivity index (χ2v) is 17.3. The van der Waals surface area contributed by atoms with Crippen molar-refractivity contribution < 1.29 is 68.1 Å². The van der Waals surface area contributed by atoms with Crippen molar-refractivity contribution in [1.29, 1.82) is 0 Å². The number of esters is 1. The van der Waals surface area contributed by atoms with Gasteiger partial charge < -0.3 is 49.0 Å². The van der Waals surface area contributed by atoms with Gasteiger partial charge in [0.2, 0.25) is 5.79 Å². The number of methoxy groups -OCH3 is 3. The van der Waals surface area contributed by atoms with Crippen LogP contribution in [0.5, 0.6) is 0 Å². The van der Waals surface area contributed by atoms with Gasteiger partial charge in [-0.2, -0.15) is 0 Å². The van der Waals surface area contributed by atoms with Crippen LogP contribution in [0.25, 0.3) is 0 Å². The molecule has 1 saturated carbocycles. The van der Waals surface area contributed by atoms with E-state index in [0.29, 0.717) is 50.5 Å². The number of aliphatic carboxylic acids is 1. The van der Waals surface area contributed by atoms with Crippen molar-refractivity contribution in [3.63, 3.8) is 0 Å². The van der Waals surface area contributed by atoms with Gasteiger partial charge in [0.05, 0.1) is 36.9 Å². The number of piperidine rings is 1. The molecule has 2 bridgehead atoms. The third-order valence-corrected chi connectivity index (χ3v) is 12.8. The monoisotopic (exact) mass is 821 g/mol. The first-order valence-electron chi connectivity index (χ1n) is 20.9. The van der Waals surface area contributed by atoms with E-state index in [0.717, 1.165) is 10.5 Å². The zero-order valence-electron chi connectivity index (χ0n) is 35.5. The highest BCUT2D eigenvalue weighted by Gasteiger charge is 2.56. The predicted molar refractivity (Wildman–Crippen MR) is 210 cm³/mol. The first kappa shape index (κ1) is 47.6. The van der Waals surface area contributed by atoms with Crippen LogP contribution in [0.3, 0.4) is 0 Å². The molecule has 0 aromatic rings. The Labute approximate surface area is 342 Å². The molecule has 1 amide bonds. The lowest BCUT2D eigenvalue weighted by molar-refractivity contribution is -0.302. The van der Waals surface area contributed by atoms with Gasteiger partial charge in [-0.05, 0) is 89.0 Å². The molecule has 328 valence electrons. The fraction of sp³-hybridized carbons (Fsp3) is 0.791. The SMILES string of the molecule is CO[C@H]1C[C@@H](C)C/C(C)=C/[C@@H](CC(=O)O)C(=O)C[C@H](O)[C@@H](C)[C@@H](/C(C)=C/[C@@H]2CC[C@@H](O)[C@H](OC)C2)OC(=O)[C@@H]2CCCCN2C(=O)C(=O)[C@]2(O)O[C@H]1[C@@H](OC)C[C@H]2C. The van der Waals surface area contributed by atoms with Crippen molar-refractivity contribution >= 4 is 29.4 Å². The molecule has 4 N–H and O–H groups in total. The molecule has 14 atom stereocenters. The second kappa shape index (κ2) is 21.0. The number of hydrogen-bond donors (Lipinski definition) is 4. The van der Waals surface area contributed by atoms with Gasteiger partial charge in [0.15, 0.2) is 0 Å². The number of carbonyl (C=O) groups is 5. The van der Waals surface area contributed by atoms with Crippen molar-refractivity contribution in [2.24, 2.45) is 29.6 Å². The third-order valence-electron chi connectivity index (χ3n) is 12.8. The maximum Gasteiger partial charge on any atom is 0.329 e. The number of fused-ring (bicyclic) bond motifs is 3. The molecule has 4 rings (SSSR count). The number of cyclic esters (lactones) is 1. The molecule has 3 aliphatic heterocycles. The molecule has 2 saturated heterocycles. The molecule has 15 heteroatoms. The summed E-state index contributed by atoms with van der Waals surface area (Å²) in [4.78, 5) is 69.6. The molecule has 0 radical (unpaired) electrons. The molecule has 3 heterocycles. The summed E-state index contributed by atoms with van der Waals surface area (Å²) in [5, 5.41) is 43.8. The van der Waals surface area contributed by atoms with E-state index >= 15 is 0 Å². The molecule has 58 heavy (non-hydrogen) atoms. The summed E-state index contributed by atoms with van der Waals surface area (Å²) in [6, 6.07) is -1.20. The summed E-state index contributed by atoms with van der Waals surface area (Å²) in [5.41, 5.74) is 1.31. The van der Waals surface area contributed by atoms with Gasteiger partial charge in [-0.25, -0.2) is 4.79 Å². The Morgan fingerprint density at radius 2 is 1.57 bits per heavy atom. The lowest BCUT2D eigenvalue weighted by atomic mass is 9.81. The molecule has 4 aliphatic rings. The van der Waals surface area contributed by atoms with E-state index in [4.69, 9.17) is 23.7 Å². The Kier molecular flexibility index (Phi) is 17.2. The Bertz CT molecular complexity index is 1530. The Morgan fingerprint density at radius 3 is 2.21 bits per heavy atom. The topological polar surface area (TPSA) is 216 Å². The highest BCUT2D eigenvalue weighted by Crippen LogP contribution is 2.39. The molecule has 0 spiro atoms. The number of carbonyl (C=O) groups excluding carboxylic acids is 4. The van der Waals surface area contributed by atoms with Crippen LogP contribution in [0.4, 0.5) is 0 Å². The number of Topliss-reactive ketones (excluding diaryl/α,β-unsaturated/α-hetero) is 2. The van der Waals surface area contributed by atoms with Gasteiger partial charge in [0, 0.05) is 52.0 Å². The van der Waals surface area contributed by atoms with Gasteiger partial charge in [-0.1, -0.05) is 38.5 Å². The molecular weight excluding hydrogens is 754 g/mol. The Balaban J connectivity index is 1.79. The summed E-state index contributed by atoms with van der Waals surface area (Å²) in [6.45, 7) is 8.77. The number of amides is 1. The van der Waals surface area contributed by atoms with E-state index < -0.39 is 115 Å². The fourth-order valence-corrected chi connectivity index (χ4v) is 9.41. The number of carboxylic acids is 1. The number of ether oxygens (including phenoxy) is 5. The molecule has 0 aromatic carbocycles. The van der Waals surface area contributed by atoms with Gasteiger partial charge in [-0.3, -0.25) is 19.2 Å². The summed E-state index contributed by atoms with van der Waals surface area (Å²) in [5.74, 6) is -10.3. The number of ketones is 2. The van der Waals surface area contributed by atoms with E-state index in [9.17, 15) is 44.4 Å². The highest BCUT2D eigenvalue weighted by atomic mass is 16.7. The van der Waals surface area contributed by atoms with Crippen molar-refractivity contribution in [3.8, 4) is 0 Å². The van der Waals surface area contributed by atoms with Gasteiger partial charge in [0.25, 0.3) is 11.7 Å². The minimum Gasteiger partial charge on any atom is -0.481 e. The number of nitrogens with zero attached hydrogens (tertiary/aromatic N) is 1. The molecule has 15 nitrogen and oxygen atoms in total. The van der Waals surface area contributed by atoms with Crippen LogP contribution in [0.15, 0.2) is 23.3 Å². The normalized spacial score (nSPS) is 40.5. The average Bonchev–Trinajstić information content (AvgIpc) is 3.18. The minimum absolute atomic E-state index is 0.0451. The van der Waals surface area contributed by atoms with Gasteiger partial charge in [-0.15, -0.1) is 0 Å². The summed E-state index contributed by atoms with van der Waals surface area (Å²) in [7, 11) is 4.49. The predicted octanol–water partition coefficient (Wildman–Crippen LogP) is 3.54. The molecule has 3 fully saturated rings. The molecule has 0 unspecified atom stereocenters. The van der Waals surface area contributed by atoms with Crippen LogP contribution in [-0.2, 0) is 47.7 Å². The van der Waals surface area contributed by atoms with E-state index in [1.165, 1.54) is 21.3 Å². The maximum absolute atomic E-state index is 14.3. The first-order chi connectivity index (χ1) is 27.3. The number of aliphatic hydroxyl groups excluding tert-OH is 2. The number of rotatable bonds is 7. The fourth-order valence-electron chi connectivity index (χ4n) is 9.41. The van der Waals surface area contributed by atoms with E-state index in [-0.39, 0.29) is 31.2 Å². The number of hydrogen-bond acceptors (Lipinski definition) is 13. The summed E-state index contributed by atoms with van der Waals surface area (Å²) in [6.07, 6.45) is 0.667. The van der Waals surface area contributed by atoms with E-state index in [2.05, 4.69) is 0 Å². The molecule has 0 aromatic heterocycles. The third kappa shape index (κ3) is 11.4. The maximum atomic E-state index is 14.3. The van der Waals surface area contributed by atoms with Crippen LogP contribution in [0.2, 0.25) is 0 Å². The number of allylic oxidation sites excluding steroid dienone is 3. The number of carboxylic acid groups (broad SMARTS) is 1. The van der Waals surface area contributed by atoms with Crippen LogP contribution >= 0.6 is 0 Å². The van der Waals surface area contributed by atoms with Crippen LogP contribution in [0, 0.1) is 29.6 Å². The summed E-state index contributed by atoms with van der Waals surface area (Å²) < 4.78 is 29.5. The summed E-state index contributed by atoms with van der Waals surface area (Å²) >= 11 is 0. The standard InChI is InChI=1S/C43H67NO14/c1-23-15-24(2)17-35(55-7)39-36(56-8)19-26(4)43(53,58-39)40(50)41(51)44-14-10-9-11-30(44)42(52)57-38(25(3)18-28-12-13-31(45)34(20-28)54-6)27(5)32(46)22-33(47)29(16-23)21-37(48)49/h16,18,24,26-32,34-36,38-39,45-46,53H,9-15,17,19-22H2,1-8H3,(H,48,49)/b23-16+,25-18+/t24-,26+,27+,28-,29-,30-,31+,32-,34+,35-,36-,38+,39+,43+/m0/s1. The quantitative estimate of drug-likeness (QED) is 0.164. The minimum atomic E-state index is -2.56. The lowest BCUT2D eigenvalue weighted by Gasteiger charge is -2.47. The Morgan fingerprint density at radius 1 is 0.914 bits per heavy atom. The smallest absolute Gasteiger partial charge is 0.329 e. The molecular formula is C43H67NO14. The Hall–Kier alpha value is -3.05. The van der Waals surface area contributed by atoms with Gasteiger partial charge in [0.1, 0.15) is 24.0 Å². The zero-order chi connectivity index (χ0) is 43.1. The average molecular weight is 822 g/mol. The van der Waals surface area contributed by atoms with E-state index in [1.54, 1.807) is 33.8 Å². The second-order valence-electron chi connectivity index (χ2n) is 17.3. The van der Waals surface area contributed by atoms with Crippen LogP contribution in [-0.4, -0.2) is 137 Å². The highest BCUT2D eigenvalue weighted by molar-refractivity contribution is 6.39. The molecule has 1 aliphatic carbocycles. The van der Waals surface area contributed by atoms with E-state index in [1.807, 2.05) is 13.0 Å². The zero-order valence-corrected chi connectivity index (χ0v) is 35.5. The van der Waals surface area contributed by atoms with Crippen LogP contribution in [0.1, 0.15) is 105 Å². The van der Waals surface area contributed by atoms with Crippen molar-refractivity contribution in [1.82, 2.24) is 4.90 Å². The number of aliphatic hydroxyl groups is 3. The van der Waals surface area contributed by atoms with Crippen molar-refractivity contribution in [2.45, 2.75) is 160 Å². The van der Waals surface area contributed by atoms with Gasteiger partial charge >= 0.3 is 11.9 Å². The van der Waals surface area contributed by atoms with Crippen molar-refractivity contribution in [3.05, 3.63) is 23.3 Å². The van der Waals surface area contributed by atoms with Crippen molar-refractivity contribution in [2.75, 3.05) is 27.9 Å². The largest absolute Gasteiger partial charge is 0.481 e. The first-order valence-corrected chi connectivity index (χ1v) is 20.9.